The highest BCUT2D eigenvalue weighted by Crippen LogP contribution is 2.35. The maximum Gasteiger partial charge on any atom is 0.158 e. The van der Waals surface area contributed by atoms with Crippen LogP contribution in [0.1, 0.15) is 45.2 Å². The number of hydrogen-bond donors (Lipinski definition) is 0. The lowest BCUT2D eigenvalue weighted by Gasteiger charge is -2.33. The van der Waals surface area contributed by atoms with E-state index in [9.17, 15) is 0 Å². The first-order chi connectivity index (χ1) is 9.47. The molecule has 0 aliphatic carbocycles. The Labute approximate surface area is 122 Å². The summed E-state index contributed by atoms with van der Waals surface area (Å²) in [6.07, 6.45) is 0.775. The highest BCUT2D eigenvalue weighted by atomic mass is 16.7. The monoisotopic (exact) mass is 278 g/mol. The molecule has 1 aromatic rings. The van der Waals surface area contributed by atoms with Crippen LogP contribution in [0.15, 0.2) is 24.3 Å². The molecule has 1 aromatic carbocycles. The predicted molar refractivity (Wildman–Crippen MR) is 79.5 cm³/mol. The summed E-state index contributed by atoms with van der Waals surface area (Å²) in [5, 5.41) is 0. The summed E-state index contributed by atoms with van der Waals surface area (Å²) in [5.74, 6) is 0. The van der Waals surface area contributed by atoms with E-state index in [1.165, 1.54) is 11.1 Å². The summed E-state index contributed by atoms with van der Waals surface area (Å²) in [4.78, 5) is 0. The Kier molecular flexibility index (Phi) is 4.84. The van der Waals surface area contributed by atoms with Gasteiger partial charge in [-0.15, -0.1) is 0 Å². The van der Waals surface area contributed by atoms with Gasteiger partial charge < -0.3 is 14.2 Å². The Morgan fingerprint density at radius 2 is 2.05 bits per heavy atom. The summed E-state index contributed by atoms with van der Waals surface area (Å²) in [7, 11) is 0. The average Bonchev–Trinajstić information content (AvgIpc) is 2.74. The Balaban J connectivity index is 1.98. The Morgan fingerprint density at radius 3 is 2.65 bits per heavy atom. The minimum atomic E-state index is -0.386. The molecular formula is C17H26O3. The van der Waals surface area contributed by atoms with Crippen LogP contribution < -0.4 is 0 Å². The molecule has 20 heavy (non-hydrogen) atoms. The quantitative estimate of drug-likeness (QED) is 0.819. The third kappa shape index (κ3) is 3.05. The SMILES string of the molecule is CCC1OC(C)C(C)(C(C)OCc2ccccc2C)O1. The topological polar surface area (TPSA) is 27.7 Å². The predicted octanol–water partition coefficient (Wildman–Crippen LogP) is 3.83. The van der Waals surface area contributed by atoms with Crippen molar-refractivity contribution in [1.29, 1.82) is 0 Å². The fraction of sp³-hybridized carbons (Fsp3) is 0.647. The minimum Gasteiger partial charge on any atom is -0.371 e. The zero-order valence-corrected chi connectivity index (χ0v) is 13.2. The van der Waals surface area contributed by atoms with Crippen LogP contribution in [0.3, 0.4) is 0 Å². The smallest absolute Gasteiger partial charge is 0.158 e. The van der Waals surface area contributed by atoms with E-state index in [-0.39, 0.29) is 24.1 Å². The summed E-state index contributed by atoms with van der Waals surface area (Å²) in [6, 6.07) is 8.30. The largest absolute Gasteiger partial charge is 0.371 e. The first-order valence-electron chi connectivity index (χ1n) is 7.46. The van der Waals surface area contributed by atoms with Crippen molar-refractivity contribution < 1.29 is 14.2 Å². The molecule has 1 aliphatic rings. The van der Waals surface area contributed by atoms with E-state index < -0.39 is 0 Å². The molecule has 0 N–H and O–H groups in total. The van der Waals surface area contributed by atoms with Gasteiger partial charge in [-0.25, -0.2) is 0 Å². The van der Waals surface area contributed by atoms with Crippen LogP contribution in [-0.2, 0) is 20.8 Å². The van der Waals surface area contributed by atoms with Crippen LogP contribution in [0.5, 0.6) is 0 Å². The van der Waals surface area contributed by atoms with Gasteiger partial charge in [-0.1, -0.05) is 31.2 Å². The van der Waals surface area contributed by atoms with Crippen LogP contribution in [0.4, 0.5) is 0 Å². The molecule has 1 fully saturated rings. The number of aryl methyl sites for hydroxylation is 1. The van der Waals surface area contributed by atoms with Gasteiger partial charge in [-0.3, -0.25) is 0 Å². The van der Waals surface area contributed by atoms with Crippen LogP contribution in [0.2, 0.25) is 0 Å². The van der Waals surface area contributed by atoms with E-state index >= 15 is 0 Å². The van der Waals surface area contributed by atoms with Crippen molar-refractivity contribution in [3.63, 3.8) is 0 Å². The van der Waals surface area contributed by atoms with Gasteiger partial charge in [0.1, 0.15) is 5.60 Å². The third-order valence-electron chi connectivity index (χ3n) is 4.44. The molecule has 3 nitrogen and oxygen atoms in total. The lowest BCUT2D eigenvalue weighted by atomic mass is 9.94. The van der Waals surface area contributed by atoms with Crippen molar-refractivity contribution in [2.75, 3.05) is 0 Å². The van der Waals surface area contributed by atoms with E-state index in [1.807, 2.05) is 12.1 Å². The number of benzene rings is 1. The zero-order valence-electron chi connectivity index (χ0n) is 13.2. The molecule has 0 spiro atoms. The van der Waals surface area contributed by atoms with Crippen LogP contribution in [0, 0.1) is 6.92 Å². The van der Waals surface area contributed by atoms with Gasteiger partial charge in [0.25, 0.3) is 0 Å². The molecule has 0 amide bonds. The first-order valence-corrected chi connectivity index (χ1v) is 7.46. The van der Waals surface area contributed by atoms with Gasteiger partial charge in [0.15, 0.2) is 6.29 Å². The number of hydrogen-bond acceptors (Lipinski definition) is 3. The van der Waals surface area contributed by atoms with Crippen LogP contribution in [-0.4, -0.2) is 24.1 Å². The molecule has 3 heteroatoms. The molecule has 0 saturated carbocycles. The molecule has 1 heterocycles. The van der Waals surface area contributed by atoms with Gasteiger partial charge in [-0.2, -0.15) is 0 Å². The highest BCUT2D eigenvalue weighted by Gasteiger charge is 2.47. The molecule has 0 bridgehead atoms. The molecule has 1 aliphatic heterocycles. The number of ether oxygens (including phenoxy) is 3. The second-order valence-electron chi connectivity index (χ2n) is 5.80. The summed E-state index contributed by atoms with van der Waals surface area (Å²) in [6.45, 7) is 11.0. The molecular weight excluding hydrogens is 252 g/mol. The van der Waals surface area contributed by atoms with E-state index in [2.05, 4.69) is 46.8 Å². The van der Waals surface area contributed by atoms with Crippen molar-refractivity contribution in [1.82, 2.24) is 0 Å². The second kappa shape index (κ2) is 6.25. The Hall–Kier alpha value is -0.900. The molecule has 0 aromatic heterocycles. The maximum absolute atomic E-state index is 6.05. The molecule has 4 unspecified atom stereocenters. The maximum atomic E-state index is 6.05. The fourth-order valence-corrected chi connectivity index (χ4v) is 2.53. The second-order valence-corrected chi connectivity index (χ2v) is 5.80. The molecule has 1 saturated heterocycles. The molecule has 112 valence electrons. The number of rotatable bonds is 5. The zero-order chi connectivity index (χ0) is 14.8. The minimum absolute atomic E-state index is 0.0198. The highest BCUT2D eigenvalue weighted by molar-refractivity contribution is 5.24. The van der Waals surface area contributed by atoms with E-state index in [4.69, 9.17) is 14.2 Å². The summed E-state index contributed by atoms with van der Waals surface area (Å²) < 4.78 is 17.9. The van der Waals surface area contributed by atoms with Gasteiger partial charge in [-0.05, 0) is 45.2 Å². The molecule has 0 radical (unpaired) electrons. The van der Waals surface area contributed by atoms with Gasteiger partial charge >= 0.3 is 0 Å². The lowest BCUT2D eigenvalue weighted by Crippen LogP contribution is -2.46. The van der Waals surface area contributed by atoms with Gasteiger partial charge in [0.2, 0.25) is 0 Å². The van der Waals surface area contributed by atoms with Crippen molar-refractivity contribution >= 4 is 0 Å². The van der Waals surface area contributed by atoms with Crippen molar-refractivity contribution in [3.8, 4) is 0 Å². The Morgan fingerprint density at radius 1 is 1.35 bits per heavy atom. The first kappa shape index (κ1) is 15.5. The lowest BCUT2D eigenvalue weighted by molar-refractivity contribution is -0.139. The average molecular weight is 278 g/mol. The normalized spacial score (nSPS) is 31.4. The van der Waals surface area contributed by atoms with E-state index in [1.54, 1.807) is 0 Å². The molecule has 2 rings (SSSR count). The van der Waals surface area contributed by atoms with E-state index in [0.29, 0.717) is 6.61 Å². The Bertz CT molecular complexity index is 446. The third-order valence-corrected chi connectivity index (χ3v) is 4.44. The van der Waals surface area contributed by atoms with Gasteiger partial charge in [0.05, 0.1) is 18.8 Å². The van der Waals surface area contributed by atoms with E-state index in [0.717, 1.165) is 6.42 Å². The van der Waals surface area contributed by atoms with Crippen molar-refractivity contribution in [2.45, 2.75) is 71.7 Å². The standard InChI is InChI=1S/C17H26O3/c1-6-16-19-14(4)17(5,20-16)13(3)18-11-15-10-8-7-9-12(15)2/h7-10,13-14,16H,6,11H2,1-5H3. The summed E-state index contributed by atoms with van der Waals surface area (Å²) in [5.41, 5.74) is 2.10. The van der Waals surface area contributed by atoms with Crippen molar-refractivity contribution in [2.24, 2.45) is 0 Å². The van der Waals surface area contributed by atoms with Crippen LogP contribution in [0.25, 0.3) is 0 Å². The van der Waals surface area contributed by atoms with Crippen molar-refractivity contribution in [3.05, 3.63) is 35.4 Å². The summed E-state index contributed by atoms with van der Waals surface area (Å²) >= 11 is 0. The van der Waals surface area contributed by atoms with Crippen LogP contribution >= 0.6 is 0 Å². The molecule has 4 atom stereocenters. The van der Waals surface area contributed by atoms with Gasteiger partial charge in [0, 0.05) is 0 Å². The fourth-order valence-electron chi connectivity index (χ4n) is 2.53.